The summed E-state index contributed by atoms with van der Waals surface area (Å²) in [6.45, 7) is 0.316. The third-order valence-corrected chi connectivity index (χ3v) is 2.14. The molecule has 0 aliphatic carbocycles. The molecule has 0 aliphatic rings. The molecule has 0 aromatic heterocycles. The van der Waals surface area contributed by atoms with Crippen molar-refractivity contribution in [1.82, 2.24) is 4.90 Å². The number of nitrogens with zero attached hydrogens (tertiary/aromatic N) is 1. The quantitative estimate of drug-likeness (QED) is 0.760. The summed E-state index contributed by atoms with van der Waals surface area (Å²) in [5, 5.41) is 0. The van der Waals surface area contributed by atoms with Crippen molar-refractivity contribution in [3.8, 4) is 5.75 Å². The van der Waals surface area contributed by atoms with E-state index in [-0.39, 0.29) is 18.0 Å². The van der Waals surface area contributed by atoms with Gasteiger partial charge < -0.3 is 9.64 Å². The van der Waals surface area contributed by atoms with Gasteiger partial charge in [0, 0.05) is 6.42 Å². The van der Waals surface area contributed by atoms with Crippen molar-refractivity contribution >= 4 is 5.78 Å². The van der Waals surface area contributed by atoms with Crippen molar-refractivity contribution in [1.29, 1.82) is 0 Å². The summed E-state index contributed by atoms with van der Waals surface area (Å²) in [7, 11) is 5.02. The number of hydrogen-bond acceptors (Lipinski definition) is 3. The first-order chi connectivity index (χ1) is 7.54. The second kappa shape index (κ2) is 5.61. The van der Waals surface area contributed by atoms with Gasteiger partial charge >= 0.3 is 0 Å². The number of Topliss-reactive ketones (excluding diaryl/α,β-unsaturated/α-hetero) is 1. The lowest BCUT2D eigenvalue weighted by atomic mass is 10.1. The maximum absolute atomic E-state index is 13.7. The predicted molar refractivity (Wildman–Crippen MR) is 60.2 cm³/mol. The van der Waals surface area contributed by atoms with Crippen LogP contribution in [-0.4, -0.2) is 38.4 Å². The summed E-state index contributed by atoms with van der Waals surface area (Å²) in [5.41, 5.74) is 0.381. The van der Waals surface area contributed by atoms with E-state index < -0.39 is 5.82 Å². The van der Waals surface area contributed by atoms with E-state index in [9.17, 15) is 9.18 Å². The molecule has 0 heterocycles. The predicted octanol–water partition coefficient (Wildman–Crippen LogP) is 1.51. The smallest absolute Gasteiger partial charge is 0.168 e. The van der Waals surface area contributed by atoms with Crippen LogP contribution in [-0.2, 0) is 11.2 Å². The largest absolute Gasteiger partial charge is 0.494 e. The van der Waals surface area contributed by atoms with E-state index in [2.05, 4.69) is 0 Å². The number of carbonyl (C=O) groups excluding carboxylic acids is 1. The van der Waals surface area contributed by atoms with E-state index in [1.54, 1.807) is 31.1 Å². The maximum Gasteiger partial charge on any atom is 0.168 e. The first kappa shape index (κ1) is 12.6. The van der Waals surface area contributed by atoms with Crippen molar-refractivity contribution in [3.05, 3.63) is 29.6 Å². The van der Waals surface area contributed by atoms with Crippen LogP contribution in [0, 0.1) is 5.82 Å². The molecule has 16 heavy (non-hydrogen) atoms. The summed E-state index contributed by atoms with van der Waals surface area (Å²) in [6, 6.07) is 4.82. The summed E-state index contributed by atoms with van der Waals surface area (Å²) < 4.78 is 18.5. The highest BCUT2D eigenvalue weighted by atomic mass is 19.1. The lowest BCUT2D eigenvalue weighted by Crippen LogP contribution is -2.23. The van der Waals surface area contributed by atoms with Crippen LogP contribution >= 0.6 is 0 Å². The Hall–Kier alpha value is -1.42. The molecule has 0 saturated heterocycles. The highest BCUT2D eigenvalue weighted by Gasteiger charge is 2.12. The van der Waals surface area contributed by atoms with Gasteiger partial charge in [0.1, 0.15) is 0 Å². The fraction of sp³-hybridized carbons (Fsp3) is 0.417. The Bertz CT molecular complexity index is 377. The number of benzene rings is 1. The molecule has 0 fully saturated rings. The lowest BCUT2D eigenvalue weighted by molar-refractivity contribution is -0.119. The number of carbonyl (C=O) groups is 1. The zero-order valence-corrected chi connectivity index (χ0v) is 9.79. The van der Waals surface area contributed by atoms with Crippen molar-refractivity contribution < 1.29 is 13.9 Å². The van der Waals surface area contributed by atoms with Gasteiger partial charge in [0.25, 0.3) is 0 Å². The summed E-state index contributed by atoms with van der Waals surface area (Å²) in [5.74, 6) is -0.288. The summed E-state index contributed by atoms with van der Waals surface area (Å²) >= 11 is 0. The van der Waals surface area contributed by atoms with Crippen LogP contribution in [0.15, 0.2) is 18.2 Å². The number of rotatable bonds is 5. The van der Waals surface area contributed by atoms with E-state index in [1.807, 2.05) is 0 Å². The maximum atomic E-state index is 13.7. The summed E-state index contributed by atoms with van der Waals surface area (Å²) in [6.07, 6.45) is 0.0984. The minimum atomic E-state index is -0.447. The highest BCUT2D eigenvalue weighted by molar-refractivity contribution is 5.82. The first-order valence-corrected chi connectivity index (χ1v) is 5.02. The summed E-state index contributed by atoms with van der Waals surface area (Å²) in [4.78, 5) is 13.3. The van der Waals surface area contributed by atoms with Crippen LogP contribution in [0.3, 0.4) is 0 Å². The number of likely N-dealkylation sites (N-methyl/N-ethyl adjacent to an activating group) is 1. The van der Waals surface area contributed by atoms with Crippen LogP contribution in [0.1, 0.15) is 5.56 Å². The standard InChI is InChI=1S/C12H16FNO2/c1-14(2)8-10(15)7-9-5-4-6-11(16-3)12(9)13/h4-6H,7-8H2,1-3H3. The number of ketones is 1. The Morgan fingerprint density at radius 2 is 2.12 bits per heavy atom. The normalized spacial score (nSPS) is 10.6. The van der Waals surface area contributed by atoms with E-state index in [4.69, 9.17) is 4.74 Å². The molecule has 0 aliphatic heterocycles. The number of hydrogen-bond donors (Lipinski definition) is 0. The zero-order chi connectivity index (χ0) is 12.1. The van der Waals surface area contributed by atoms with Gasteiger partial charge in [-0.1, -0.05) is 12.1 Å². The van der Waals surface area contributed by atoms with Gasteiger partial charge in [-0.3, -0.25) is 4.79 Å². The van der Waals surface area contributed by atoms with Crippen molar-refractivity contribution in [2.24, 2.45) is 0 Å². The molecule has 0 unspecified atom stereocenters. The molecule has 0 saturated carbocycles. The van der Waals surface area contributed by atoms with E-state index in [1.165, 1.54) is 13.2 Å². The Labute approximate surface area is 94.8 Å². The van der Waals surface area contributed by atoms with Gasteiger partial charge in [-0.25, -0.2) is 4.39 Å². The molecule has 1 aromatic carbocycles. The van der Waals surface area contributed by atoms with E-state index >= 15 is 0 Å². The molecular formula is C12H16FNO2. The molecule has 0 atom stereocenters. The Morgan fingerprint density at radius 1 is 1.44 bits per heavy atom. The molecule has 4 heteroatoms. The van der Waals surface area contributed by atoms with E-state index in [0.717, 1.165) is 0 Å². The van der Waals surface area contributed by atoms with Crippen LogP contribution in [0.4, 0.5) is 4.39 Å². The Morgan fingerprint density at radius 3 is 2.69 bits per heavy atom. The fourth-order valence-electron chi connectivity index (χ4n) is 1.47. The van der Waals surface area contributed by atoms with Gasteiger partial charge in [0.15, 0.2) is 17.3 Å². The Kier molecular flexibility index (Phi) is 4.43. The van der Waals surface area contributed by atoms with Crippen molar-refractivity contribution in [3.63, 3.8) is 0 Å². The number of halogens is 1. The monoisotopic (exact) mass is 225 g/mol. The Balaban J connectivity index is 2.77. The minimum absolute atomic E-state index is 0.0165. The van der Waals surface area contributed by atoms with Gasteiger partial charge in [0.05, 0.1) is 13.7 Å². The topological polar surface area (TPSA) is 29.5 Å². The van der Waals surface area contributed by atoms with Crippen molar-refractivity contribution in [2.45, 2.75) is 6.42 Å². The molecule has 1 rings (SSSR count). The van der Waals surface area contributed by atoms with Crippen molar-refractivity contribution in [2.75, 3.05) is 27.7 Å². The molecule has 0 amide bonds. The highest BCUT2D eigenvalue weighted by Crippen LogP contribution is 2.20. The van der Waals surface area contributed by atoms with Crippen LogP contribution in [0.2, 0.25) is 0 Å². The zero-order valence-electron chi connectivity index (χ0n) is 9.79. The second-order valence-electron chi connectivity index (χ2n) is 3.89. The first-order valence-electron chi connectivity index (χ1n) is 5.02. The number of ether oxygens (including phenoxy) is 1. The van der Waals surface area contributed by atoms with Crippen LogP contribution in [0.25, 0.3) is 0 Å². The van der Waals surface area contributed by atoms with Gasteiger partial charge in [-0.05, 0) is 25.7 Å². The van der Waals surface area contributed by atoms with Crippen LogP contribution in [0.5, 0.6) is 5.75 Å². The van der Waals surface area contributed by atoms with Crippen LogP contribution < -0.4 is 4.74 Å². The van der Waals surface area contributed by atoms with Gasteiger partial charge in [-0.2, -0.15) is 0 Å². The van der Waals surface area contributed by atoms with Gasteiger partial charge in [0.2, 0.25) is 0 Å². The third kappa shape index (κ3) is 3.31. The number of methoxy groups -OCH3 is 1. The average Bonchev–Trinajstić information content (AvgIpc) is 2.20. The third-order valence-electron chi connectivity index (χ3n) is 2.14. The van der Waals surface area contributed by atoms with E-state index in [0.29, 0.717) is 12.1 Å². The van der Waals surface area contributed by atoms with Gasteiger partial charge in [-0.15, -0.1) is 0 Å². The molecule has 1 aromatic rings. The molecule has 0 radical (unpaired) electrons. The molecule has 0 bridgehead atoms. The molecule has 3 nitrogen and oxygen atoms in total. The fourth-order valence-corrected chi connectivity index (χ4v) is 1.47. The minimum Gasteiger partial charge on any atom is -0.494 e. The molecule has 0 N–H and O–H groups in total. The lowest BCUT2D eigenvalue weighted by Gasteiger charge is -2.10. The molecule has 88 valence electrons. The molecular weight excluding hydrogens is 209 g/mol. The SMILES string of the molecule is COc1cccc(CC(=O)CN(C)C)c1F. The molecule has 0 spiro atoms. The second-order valence-corrected chi connectivity index (χ2v) is 3.89. The average molecular weight is 225 g/mol.